The fourth-order valence-electron chi connectivity index (χ4n) is 1.54. The Morgan fingerprint density at radius 3 is 2.60 bits per heavy atom. The van der Waals surface area contributed by atoms with E-state index < -0.39 is 12.1 Å². The first kappa shape index (κ1) is 13.9. The van der Waals surface area contributed by atoms with Crippen molar-refractivity contribution in [1.82, 2.24) is 0 Å². The second-order valence-corrected chi connectivity index (χ2v) is 3.96. The standard InChI is InChI=1S/C12H10F2N2O4/c1-6(17)10(7(2)18)16-15-8-4-3-5-9-11(8)20-12(13,14)19-9/h3-5,17H,1-2H3/b10-6-,16-15?. The molecule has 1 heterocycles. The van der Waals surface area contributed by atoms with Crippen LogP contribution < -0.4 is 9.47 Å². The molecule has 0 saturated carbocycles. The summed E-state index contributed by atoms with van der Waals surface area (Å²) >= 11 is 0. The zero-order chi connectivity index (χ0) is 14.9. The molecule has 0 saturated heterocycles. The summed E-state index contributed by atoms with van der Waals surface area (Å²) in [5.74, 6) is -1.29. The Bertz CT molecular complexity index is 622. The number of ether oxygens (including phenoxy) is 2. The first-order valence-corrected chi connectivity index (χ1v) is 5.51. The summed E-state index contributed by atoms with van der Waals surface area (Å²) < 4.78 is 34.5. The van der Waals surface area contributed by atoms with Gasteiger partial charge in [0.25, 0.3) is 0 Å². The van der Waals surface area contributed by atoms with Gasteiger partial charge >= 0.3 is 6.29 Å². The molecule has 1 aromatic rings. The average molecular weight is 284 g/mol. The molecule has 0 aliphatic carbocycles. The van der Waals surface area contributed by atoms with Gasteiger partial charge in [-0.15, -0.1) is 19.0 Å². The van der Waals surface area contributed by atoms with E-state index in [4.69, 9.17) is 0 Å². The first-order chi connectivity index (χ1) is 9.30. The third-order valence-electron chi connectivity index (χ3n) is 2.34. The van der Waals surface area contributed by atoms with Crippen LogP contribution >= 0.6 is 0 Å². The van der Waals surface area contributed by atoms with Crippen LogP contribution in [-0.2, 0) is 4.79 Å². The van der Waals surface area contributed by atoms with Gasteiger partial charge < -0.3 is 14.6 Å². The molecule has 0 aromatic heterocycles. The molecule has 1 aliphatic rings. The number of rotatable bonds is 3. The number of halogens is 2. The minimum absolute atomic E-state index is 0.0420. The van der Waals surface area contributed by atoms with Crippen molar-refractivity contribution in [3.05, 3.63) is 29.7 Å². The van der Waals surface area contributed by atoms with Crippen LogP contribution in [0.1, 0.15) is 13.8 Å². The molecule has 20 heavy (non-hydrogen) atoms. The molecular formula is C12H10F2N2O4. The van der Waals surface area contributed by atoms with E-state index in [-0.39, 0.29) is 28.6 Å². The molecule has 6 nitrogen and oxygen atoms in total. The molecule has 1 N–H and O–H groups in total. The van der Waals surface area contributed by atoms with Crippen LogP contribution in [0.15, 0.2) is 39.9 Å². The lowest BCUT2D eigenvalue weighted by atomic mass is 10.3. The van der Waals surface area contributed by atoms with E-state index in [1.165, 1.54) is 32.0 Å². The maximum Gasteiger partial charge on any atom is 0.586 e. The predicted octanol–water partition coefficient (Wildman–Crippen LogP) is 3.47. The van der Waals surface area contributed by atoms with Crippen LogP contribution in [0.3, 0.4) is 0 Å². The second-order valence-electron chi connectivity index (χ2n) is 3.96. The first-order valence-electron chi connectivity index (χ1n) is 5.51. The monoisotopic (exact) mass is 284 g/mol. The Labute approximate surface area is 112 Å². The zero-order valence-electron chi connectivity index (χ0n) is 10.6. The van der Waals surface area contributed by atoms with E-state index in [9.17, 15) is 18.7 Å². The van der Waals surface area contributed by atoms with Crippen molar-refractivity contribution in [1.29, 1.82) is 0 Å². The molecule has 0 amide bonds. The highest BCUT2D eigenvalue weighted by atomic mass is 19.3. The van der Waals surface area contributed by atoms with Gasteiger partial charge in [0.2, 0.25) is 0 Å². The molecule has 0 unspecified atom stereocenters. The fourth-order valence-corrected chi connectivity index (χ4v) is 1.54. The number of ketones is 1. The third-order valence-corrected chi connectivity index (χ3v) is 2.34. The number of fused-ring (bicyclic) bond motifs is 1. The Morgan fingerprint density at radius 1 is 1.30 bits per heavy atom. The number of carbonyl (C=O) groups excluding carboxylic acids is 1. The lowest BCUT2D eigenvalue weighted by Gasteiger charge is -2.04. The summed E-state index contributed by atoms with van der Waals surface area (Å²) in [5.41, 5.74) is -0.312. The number of para-hydroxylation sites is 1. The minimum atomic E-state index is -3.76. The average Bonchev–Trinajstić information content (AvgIpc) is 2.63. The molecular weight excluding hydrogens is 274 g/mol. The number of alkyl halides is 2. The van der Waals surface area contributed by atoms with Gasteiger partial charge in [-0.25, -0.2) is 0 Å². The number of hydrogen-bond acceptors (Lipinski definition) is 6. The Morgan fingerprint density at radius 2 is 2.00 bits per heavy atom. The van der Waals surface area contributed by atoms with Crippen LogP contribution in [0, 0.1) is 0 Å². The number of allylic oxidation sites excluding steroid dienone is 2. The quantitative estimate of drug-likeness (QED) is 0.523. The Kier molecular flexibility index (Phi) is 3.39. The molecule has 0 spiro atoms. The van der Waals surface area contributed by atoms with Gasteiger partial charge in [0, 0.05) is 6.92 Å². The summed E-state index contributed by atoms with van der Waals surface area (Å²) in [5, 5.41) is 16.4. The number of aliphatic hydroxyl groups is 1. The number of benzene rings is 1. The highest BCUT2D eigenvalue weighted by Gasteiger charge is 2.44. The second kappa shape index (κ2) is 4.87. The fraction of sp³-hybridized carbons (Fsp3) is 0.250. The normalized spacial score (nSPS) is 17.2. The van der Waals surface area contributed by atoms with E-state index in [0.717, 1.165) is 0 Å². The number of carbonyl (C=O) groups is 1. The molecule has 8 heteroatoms. The summed E-state index contributed by atoms with van der Waals surface area (Å²) in [6, 6.07) is 4.06. The summed E-state index contributed by atoms with van der Waals surface area (Å²) in [6.07, 6.45) is -3.76. The minimum Gasteiger partial charge on any atom is -0.510 e. The van der Waals surface area contributed by atoms with Crippen molar-refractivity contribution in [3.63, 3.8) is 0 Å². The number of aliphatic hydroxyl groups excluding tert-OH is 1. The molecule has 106 valence electrons. The molecule has 0 atom stereocenters. The number of nitrogens with zero attached hydrogens (tertiary/aromatic N) is 2. The van der Waals surface area contributed by atoms with Gasteiger partial charge in [-0.05, 0) is 19.1 Å². The molecule has 1 aliphatic heterocycles. The lowest BCUT2D eigenvalue weighted by molar-refractivity contribution is -0.286. The smallest absolute Gasteiger partial charge is 0.510 e. The van der Waals surface area contributed by atoms with Crippen molar-refractivity contribution < 1.29 is 28.2 Å². The largest absolute Gasteiger partial charge is 0.586 e. The number of hydrogen-bond donors (Lipinski definition) is 1. The van der Waals surface area contributed by atoms with Gasteiger partial charge in [-0.3, -0.25) is 4.79 Å². The van der Waals surface area contributed by atoms with Gasteiger partial charge in [0.05, 0.1) is 0 Å². The van der Waals surface area contributed by atoms with E-state index in [1.54, 1.807) is 0 Å². The van der Waals surface area contributed by atoms with Crippen molar-refractivity contribution in [3.8, 4) is 11.5 Å². The molecule has 1 aromatic carbocycles. The van der Waals surface area contributed by atoms with Crippen LogP contribution in [0.5, 0.6) is 11.5 Å². The molecule has 2 rings (SSSR count). The highest BCUT2D eigenvalue weighted by Crippen LogP contribution is 2.47. The van der Waals surface area contributed by atoms with Crippen molar-refractivity contribution in [2.75, 3.05) is 0 Å². The Balaban J connectivity index is 2.36. The molecule has 0 radical (unpaired) electrons. The summed E-state index contributed by atoms with van der Waals surface area (Å²) in [4.78, 5) is 11.2. The van der Waals surface area contributed by atoms with Crippen molar-refractivity contribution >= 4 is 11.5 Å². The molecule has 0 bridgehead atoms. The van der Waals surface area contributed by atoms with Gasteiger partial charge in [0.15, 0.2) is 23.0 Å². The van der Waals surface area contributed by atoms with E-state index >= 15 is 0 Å². The van der Waals surface area contributed by atoms with E-state index in [0.29, 0.717) is 0 Å². The summed E-state index contributed by atoms with van der Waals surface area (Å²) in [6.45, 7) is 2.45. The topological polar surface area (TPSA) is 80.5 Å². The third kappa shape index (κ3) is 2.73. The van der Waals surface area contributed by atoms with Crippen molar-refractivity contribution in [2.45, 2.75) is 20.1 Å². The van der Waals surface area contributed by atoms with Crippen LogP contribution in [0.4, 0.5) is 14.5 Å². The van der Waals surface area contributed by atoms with Crippen LogP contribution in [-0.4, -0.2) is 17.2 Å². The zero-order valence-corrected chi connectivity index (χ0v) is 10.6. The SMILES string of the molecule is CC(=O)/C(N=Nc1cccc2c1OC(F)(F)O2)=C(\C)O. The van der Waals surface area contributed by atoms with Crippen molar-refractivity contribution in [2.24, 2.45) is 10.2 Å². The summed E-state index contributed by atoms with van der Waals surface area (Å²) in [7, 11) is 0. The Hall–Kier alpha value is -2.51. The maximum absolute atomic E-state index is 13.0. The van der Waals surface area contributed by atoms with Gasteiger partial charge in [0.1, 0.15) is 11.4 Å². The van der Waals surface area contributed by atoms with E-state index in [1.807, 2.05) is 0 Å². The van der Waals surface area contributed by atoms with Gasteiger partial charge in [-0.1, -0.05) is 6.07 Å². The number of azo groups is 1. The highest BCUT2D eigenvalue weighted by molar-refractivity contribution is 5.93. The van der Waals surface area contributed by atoms with Crippen LogP contribution in [0.25, 0.3) is 0 Å². The maximum atomic E-state index is 13.0. The predicted molar refractivity (Wildman–Crippen MR) is 63.2 cm³/mol. The van der Waals surface area contributed by atoms with Crippen LogP contribution in [0.2, 0.25) is 0 Å². The van der Waals surface area contributed by atoms with E-state index in [2.05, 4.69) is 19.7 Å². The lowest BCUT2D eigenvalue weighted by Crippen LogP contribution is -2.25. The van der Waals surface area contributed by atoms with Gasteiger partial charge in [-0.2, -0.15) is 0 Å². The molecule has 0 fully saturated rings. The number of Topliss-reactive ketones (excluding diaryl/α,β-unsaturated/α-hetero) is 1.